The Hall–Kier alpha value is -0.440. The van der Waals surface area contributed by atoms with Crippen molar-refractivity contribution in [2.24, 2.45) is 16.7 Å². The smallest absolute Gasteiger partial charge is 0.0283 e. The molecular formula is C14H22. The van der Waals surface area contributed by atoms with Crippen LogP contribution in [0.2, 0.25) is 0 Å². The van der Waals surface area contributed by atoms with Crippen LogP contribution in [-0.4, -0.2) is 0 Å². The Morgan fingerprint density at radius 3 is 2.07 bits per heavy atom. The van der Waals surface area contributed by atoms with Gasteiger partial charge in [-0.15, -0.1) is 12.3 Å². The van der Waals surface area contributed by atoms with Gasteiger partial charge in [-0.05, 0) is 63.7 Å². The summed E-state index contributed by atoms with van der Waals surface area (Å²) in [6.45, 7) is 4.47. The van der Waals surface area contributed by atoms with E-state index in [9.17, 15) is 0 Å². The Morgan fingerprint density at radius 2 is 1.71 bits per heavy atom. The zero-order valence-electron chi connectivity index (χ0n) is 9.60. The van der Waals surface area contributed by atoms with Crippen molar-refractivity contribution >= 4 is 0 Å². The van der Waals surface area contributed by atoms with Crippen molar-refractivity contribution in [2.45, 2.75) is 58.8 Å². The predicted molar refractivity (Wildman–Crippen MR) is 60.9 cm³/mol. The second-order valence-corrected chi connectivity index (χ2v) is 5.99. The quantitative estimate of drug-likeness (QED) is 0.548. The molecule has 0 saturated heterocycles. The maximum absolute atomic E-state index is 5.60. The second-order valence-electron chi connectivity index (χ2n) is 5.99. The van der Waals surface area contributed by atoms with Crippen LogP contribution in [0.1, 0.15) is 58.8 Å². The average molecular weight is 190 g/mol. The third kappa shape index (κ3) is 1.58. The van der Waals surface area contributed by atoms with Crippen LogP contribution in [0, 0.1) is 29.1 Å². The van der Waals surface area contributed by atoms with Gasteiger partial charge >= 0.3 is 0 Å². The molecule has 0 N–H and O–H groups in total. The van der Waals surface area contributed by atoms with E-state index in [-0.39, 0.29) is 5.41 Å². The summed E-state index contributed by atoms with van der Waals surface area (Å²) < 4.78 is 0. The molecule has 0 atom stereocenters. The van der Waals surface area contributed by atoms with Gasteiger partial charge in [0.1, 0.15) is 0 Å². The van der Waals surface area contributed by atoms with Gasteiger partial charge in [-0.2, -0.15) is 0 Å². The van der Waals surface area contributed by atoms with Gasteiger partial charge in [0.15, 0.2) is 0 Å². The molecule has 2 aliphatic carbocycles. The van der Waals surface area contributed by atoms with Crippen molar-refractivity contribution in [3.05, 3.63) is 0 Å². The van der Waals surface area contributed by atoms with E-state index < -0.39 is 0 Å². The van der Waals surface area contributed by atoms with E-state index in [1.54, 1.807) is 0 Å². The molecule has 2 rings (SSSR count). The van der Waals surface area contributed by atoms with Crippen molar-refractivity contribution in [1.82, 2.24) is 0 Å². The Bertz CT molecular complexity index is 240. The summed E-state index contributed by atoms with van der Waals surface area (Å²) in [5.41, 5.74) is 0.909. The zero-order chi connectivity index (χ0) is 10.2. The molecule has 14 heavy (non-hydrogen) atoms. The van der Waals surface area contributed by atoms with Crippen molar-refractivity contribution in [3.8, 4) is 12.3 Å². The standard InChI is InChI=1S/C14H22/c1-4-13(2,3)12-6-10-14(11-7-12)8-5-9-14/h1,12H,5-11H2,2-3H3. The molecule has 2 fully saturated rings. The molecule has 0 heteroatoms. The number of hydrogen-bond acceptors (Lipinski definition) is 0. The minimum Gasteiger partial charge on any atom is -0.120 e. The normalized spacial score (nSPS) is 26.9. The number of hydrogen-bond donors (Lipinski definition) is 0. The van der Waals surface area contributed by atoms with Crippen molar-refractivity contribution in [2.75, 3.05) is 0 Å². The fourth-order valence-electron chi connectivity index (χ4n) is 3.25. The van der Waals surface area contributed by atoms with E-state index in [1.807, 2.05) is 0 Å². The topological polar surface area (TPSA) is 0 Å². The minimum absolute atomic E-state index is 0.130. The van der Waals surface area contributed by atoms with Gasteiger partial charge in [-0.1, -0.05) is 6.42 Å². The Morgan fingerprint density at radius 1 is 1.14 bits per heavy atom. The van der Waals surface area contributed by atoms with Gasteiger partial charge in [0.2, 0.25) is 0 Å². The molecule has 0 amide bonds. The molecule has 0 aliphatic heterocycles. The minimum atomic E-state index is 0.130. The molecule has 2 aliphatic rings. The van der Waals surface area contributed by atoms with Gasteiger partial charge in [0, 0.05) is 5.41 Å². The van der Waals surface area contributed by atoms with Crippen LogP contribution in [0.15, 0.2) is 0 Å². The van der Waals surface area contributed by atoms with Crippen LogP contribution in [0.4, 0.5) is 0 Å². The maximum Gasteiger partial charge on any atom is 0.0283 e. The van der Waals surface area contributed by atoms with E-state index in [2.05, 4.69) is 19.8 Å². The van der Waals surface area contributed by atoms with Crippen LogP contribution in [0.3, 0.4) is 0 Å². The molecule has 0 aromatic carbocycles. The summed E-state index contributed by atoms with van der Waals surface area (Å²) in [6.07, 6.45) is 15.7. The van der Waals surface area contributed by atoms with Gasteiger partial charge in [0.25, 0.3) is 0 Å². The monoisotopic (exact) mass is 190 g/mol. The van der Waals surface area contributed by atoms with Gasteiger partial charge in [-0.3, -0.25) is 0 Å². The molecule has 0 unspecified atom stereocenters. The molecule has 0 radical (unpaired) electrons. The number of rotatable bonds is 1. The highest BCUT2D eigenvalue weighted by Gasteiger charge is 2.42. The van der Waals surface area contributed by atoms with Crippen LogP contribution < -0.4 is 0 Å². The lowest BCUT2D eigenvalue weighted by Gasteiger charge is -2.49. The van der Waals surface area contributed by atoms with Gasteiger partial charge in [-0.25, -0.2) is 0 Å². The van der Waals surface area contributed by atoms with Crippen LogP contribution in [0.25, 0.3) is 0 Å². The van der Waals surface area contributed by atoms with Crippen LogP contribution >= 0.6 is 0 Å². The lowest BCUT2D eigenvalue weighted by molar-refractivity contribution is 0.0345. The molecule has 2 saturated carbocycles. The molecule has 0 bridgehead atoms. The number of terminal acetylenes is 1. The van der Waals surface area contributed by atoms with E-state index >= 15 is 0 Å². The highest BCUT2D eigenvalue weighted by molar-refractivity contribution is 5.06. The first kappa shape index (κ1) is 10.1. The fraction of sp³-hybridized carbons (Fsp3) is 0.857. The average Bonchev–Trinajstić information content (AvgIpc) is 2.16. The fourth-order valence-corrected chi connectivity index (χ4v) is 3.25. The lowest BCUT2D eigenvalue weighted by atomic mass is 9.56. The summed E-state index contributed by atoms with van der Waals surface area (Å²) in [5.74, 6) is 3.75. The van der Waals surface area contributed by atoms with Gasteiger partial charge < -0.3 is 0 Å². The van der Waals surface area contributed by atoms with Crippen molar-refractivity contribution < 1.29 is 0 Å². The first-order chi connectivity index (χ1) is 6.58. The largest absolute Gasteiger partial charge is 0.120 e. The first-order valence-electron chi connectivity index (χ1n) is 6.06. The lowest BCUT2D eigenvalue weighted by Crippen LogP contribution is -2.37. The molecule has 1 spiro atoms. The van der Waals surface area contributed by atoms with E-state index in [1.165, 1.54) is 44.9 Å². The van der Waals surface area contributed by atoms with Crippen LogP contribution in [-0.2, 0) is 0 Å². The maximum atomic E-state index is 5.60. The molecule has 0 aromatic rings. The third-order valence-electron chi connectivity index (χ3n) is 4.85. The Balaban J connectivity index is 1.93. The van der Waals surface area contributed by atoms with Crippen molar-refractivity contribution in [1.29, 1.82) is 0 Å². The SMILES string of the molecule is C#CC(C)(C)C1CCC2(CCC2)CC1. The first-order valence-corrected chi connectivity index (χ1v) is 6.06. The molecule has 0 nitrogen and oxygen atoms in total. The Labute approximate surface area is 88.5 Å². The van der Waals surface area contributed by atoms with Crippen molar-refractivity contribution in [3.63, 3.8) is 0 Å². The Kier molecular flexibility index (Phi) is 2.38. The van der Waals surface area contributed by atoms with Crippen LogP contribution in [0.5, 0.6) is 0 Å². The summed E-state index contributed by atoms with van der Waals surface area (Å²) in [7, 11) is 0. The molecule has 0 aromatic heterocycles. The summed E-state index contributed by atoms with van der Waals surface area (Å²) in [4.78, 5) is 0. The van der Waals surface area contributed by atoms with E-state index in [4.69, 9.17) is 6.42 Å². The summed E-state index contributed by atoms with van der Waals surface area (Å²) in [6, 6.07) is 0. The molecule has 78 valence electrons. The zero-order valence-corrected chi connectivity index (χ0v) is 9.60. The highest BCUT2D eigenvalue weighted by atomic mass is 14.5. The highest BCUT2D eigenvalue weighted by Crippen LogP contribution is 2.54. The van der Waals surface area contributed by atoms with Gasteiger partial charge in [0.05, 0.1) is 0 Å². The molecular weight excluding hydrogens is 168 g/mol. The summed E-state index contributed by atoms with van der Waals surface area (Å²) in [5, 5.41) is 0. The summed E-state index contributed by atoms with van der Waals surface area (Å²) >= 11 is 0. The van der Waals surface area contributed by atoms with E-state index in [0.717, 1.165) is 11.3 Å². The molecule has 0 heterocycles. The third-order valence-corrected chi connectivity index (χ3v) is 4.85. The van der Waals surface area contributed by atoms with E-state index in [0.29, 0.717) is 0 Å². The second kappa shape index (κ2) is 3.30. The predicted octanol–water partition coefficient (Wildman–Crippen LogP) is 4.01.